The molecule has 2 aromatic rings. The van der Waals surface area contributed by atoms with Gasteiger partial charge in [-0.25, -0.2) is 0 Å². The number of rotatable bonds is 2. The Morgan fingerprint density at radius 1 is 0.905 bits per heavy atom. The Balaban J connectivity index is 2.19. The van der Waals surface area contributed by atoms with Gasteiger partial charge in [0.05, 0.1) is 5.56 Å². The van der Waals surface area contributed by atoms with Crippen molar-refractivity contribution in [2.24, 2.45) is 0 Å². The average Bonchev–Trinajstić information content (AvgIpc) is 2.37. The second kappa shape index (κ2) is 5.51. The molecule has 0 fully saturated rings. The number of alkyl halides is 3. The van der Waals surface area contributed by atoms with Crippen molar-refractivity contribution in [3.63, 3.8) is 0 Å². The number of pyridine rings is 1. The lowest BCUT2D eigenvalue weighted by Crippen LogP contribution is -2.12. The number of hydrogen-bond donors (Lipinski definition) is 0. The molecule has 0 aliphatic rings. The quantitative estimate of drug-likeness (QED) is 0.760. The summed E-state index contributed by atoms with van der Waals surface area (Å²) in [5, 5.41) is 0. The SMILES string of the molecule is CC(C)(C)c1ccnc(Cc2ccc(C(F)(F)F)cc2)c1. The van der Waals surface area contributed by atoms with Crippen molar-refractivity contribution in [1.82, 2.24) is 4.98 Å². The normalized spacial score (nSPS) is 12.5. The highest BCUT2D eigenvalue weighted by molar-refractivity contribution is 5.30. The van der Waals surface area contributed by atoms with Crippen LogP contribution in [0.15, 0.2) is 42.6 Å². The highest BCUT2D eigenvalue weighted by Gasteiger charge is 2.29. The summed E-state index contributed by atoms with van der Waals surface area (Å²) >= 11 is 0. The molecule has 0 amide bonds. The fraction of sp³-hybridized carbons (Fsp3) is 0.353. The molecule has 0 atom stereocenters. The van der Waals surface area contributed by atoms with E-state index in [-0.39, 0.29) is 5.41 Å². The van der Waals surface area contributed by atoms with E-state index in [9.17, 15) is 13.2 Å². The summed E-state index contributed by atoms with van der Waals surface area (Å²) in [6, 6.07) is 9.22. The Bertz CT molecular complexity index is 607. The number of benzene rings is 1. The molecule has 0 bridgehead atoms. The minimum atomic E-state index is -4.29. The van der Waals surface area contributed by atoms with E-state index in [1.165, 1.54) is 17.7 Å². The third-order valence-electron chi connectivity index (χ3n) is 3.35. The highest BCUT2D eigenvalue weighted by Crippen LogP contribution is 2.29. The second-order valence-corrected chi connectivity index (χ2v) is 6.16. The number of hydrogen-bond acceptors (Lipinski definition) is 1. The van der Waals surface area contributed by atoms with Gasteiger partial charge in [-0.2, -0.15) is 13.2 Å². The molecule has 2 rings (SSSR count). The lowest BCUT2D eigenvalue weighted by molar-refractivity contribution is -0.137. The first-order valence-electron chi connectivity index (χ1n) is 6.78. The van der Waals surface area contributed by atoms with Gasteiger partial charge >= 0.3 is 6.18 Å². The van der Waals surface area contributed by atoms with Crippen molar-refractivity contribution in [1.29, 1.82) is 0 Å². The van der Waals surface area contributed by atoms with Gasteiger partial charge in [-0.15, -0.1) is 0 Å². The first-order chi connectivity index (χ1) is 9.66. The zero-order valence-electron chi connectivity index (χ0n) is 12.3. The summed E-state index contributed by atoms with van der Waals surface area (Å²) in [6.07, 6.45) is -2.01. The molecule has 1 aromatic heterocycles. The van der Waals surface area contributed by atoms with Crippen LogP contribution in [0.25, 0.3) is 0 Å². The summed E-state index contributed by atoms with van der Waals surface area (Å²) in [5.74, 6) is 0. The Morgan fingerprint density at radius 3 is 2.05 bits per heavy atom. The molecule has 0 saturated heterocycles. The molecule has 1 nitrogen and oxygen atoms in total. The molecule has 1 heterocycles. The van der Waals surface area contributed by atoms with Crippen LogP contribution in [0, 0.1) is 0 Å². The van der Waals surface area contributed by atoms with Crippen LogP contribution in [0.2, 0.25) is 0 Å². The lowest BCUT2D eigenvalue weighted by atomic mass is 9.87. The molecule has 0 aliphatic heterocycles. The van der Waals surface area contributed by atoms with Crippen LogP contribution in [0.3, 0.4) is 0 Å². The molecule has 0 spiro atoms. The maximum absolute atomic E-state index is 12.5. The second-order valence-electron chi connectivity index (χ2n) is 6.16. The summed E-state index contributed by atoms with van der Waals surface area (Å²) < 4.78 is 37.6. The van der Waals surface area contributed by atoms with Gasteiger partial charge < -0.3 is 0 Å². The van der Waals surface area contributed by atoms with Crippen molar-refractivity contribution in [2.75, 3.05) is 0 Å². The molecule has 0 radical (unpaired) electrons. The van der Waals surface area contributed by atoms with Crippen molar-refractivity contribution >= 4 is 0 Å². The molecule has 0 aliphatic carbocycles. The number of nitrogens with zero attached hydrogens (tertiary/aromatic N) is 1. The zero-order chi connectivity index (χ0) is 15.7. The number of halogens is 3. The monoisotopic (exact) mass is 293 g/mol. The van der Waals surface area contributed by atoms with Gasteiger partial charge in [0.15, 0.2) is 0 Å². The first kappa shape index (κ1) is 15.5. The van der Waals surface area contributed by atoms with Crippen LogP contribution in [0.5, 0.6) is 0 Å². The summed E-state index contributed by atoms with van der Waals surface area (Å²) in [7, 11) is 0. The van der Waals surface area contributed by atoms with E-state index in [4.69, 9.17) is 0 Å². The van der Waals surface area contributed by atoms with Crippen LogP contribution < -0.4 is 0 Å². The molecule has 112 valence electrons. The van der Waals surface area contributed by atoms with Gasteiger partial charge in [-0.3, -0.25) is 4.98 Å². The van der Waals surface area contributed by atoms with Gasteiger partial charge in [0.2, 0.25) is 0 Å². The van der Waals surface area contributed by atoms with Crippen LogP contribution in [-0.2, 0) is 18.0 Å². The smallest absolute Gasteiger partial charge is 0.261 e. The van der Waals surface area contributed by atoms with Gasteiger partial charge in [0.25, 0.3) is 0 Å². The molecular formula is C17H18F3N. The van der Waals surface area contributed by atoms with Crippen molar-refractivity contribution in [3.05, 3.63) is 65.0 Å². The lowest BCUT2D eigenvalue weighted by Gasteiger charge is -2.19. The summed E-state index contributed by atoms with van der Waals surface area (Å²) in [5.41, 5.74) is 2.25. The van der Waals surface area contributed by atoms with E-state index >= 15 is 0 Å². The van der Waals surface area contributed by atoms with Gasteiger partial charge in [0, 0.05) is 18.3 Å². The zero-order valence-corrected chi connectivity index (χ0v) is 12.3. The molecule has 0 N–H and O–H groups in total. The third kappa shape index (κ3) is 4.06. The summed E-state index contributed by atoms with van der Waals surface area (Å²) in [6.45, 7) is 6.35. The Labute approximate surface area is 122 Å². The molecule has 1 aromatic carbocycles. The predicted molar refractivity (Wildman–Crippen MR) is 77.2 cm³/mol. The van der Waals surface area contributed by atoms with Crippen molar-refractivity contribution < 1.29 is 13.2 Å². The standard InChI is InChI=1S/C17H18F3N/c1-16(2,3)14-8-9-21-15(11-14)10-12-4-6-13(7-5-12)17(18,19)20/h4-9,11H,10H2,1-3H3. The maximum atomic E-state index is 12.5. The van der Waals surface area contributed by atoms with E-state index in [0.717, 1.165) is 23.4 Å². The minimum Gasteiger partial charge on any atom is -0.261 e. The van der Waals surface area contributed by atoms with E-state index in [0.29, 0.717) is 6.42 Å². The predicted octanol–water partition coefficient (Wildman–Crippen LogP) is 4.99. The largest absolute Gasteiger partial charge is 0.416 e. The van der Waals surface area contributed by atoms with Crippen LogP contribution >= 0.6 is 0 Å². The van der Waals surface area contributed by atoms with Gasteiger partial charge in [-0.05, 0) is 40.8 Å². The Morgan fingerprint density at radius 2 is 1.52 bits per heavy atom. The van der Waals surface area contributed by atoms with E-state index in [2.05, 4.69) is 25.8 Å². The topological polar surface area (TPSA) is 12.9 Å². The van der Waals surface area contributed by atoms with E-state index in [1.807, 2.05) is 12.1 Å². The molecule has 21 heavy (non-hydrogen) atoms. The van der Waals surface area contributed by atoms with E-state index < -0.39 is 11.7 Å². The van der Waals surface area contributed by atoms with Gasteiger partial charge in [-0.1, -0.05) is 32.9 Å². The van der Waals surface area contributed by atoms with Crippen molar-refractivity contribution in [2.45, 2.75) is 38.8 Å². The fourth-order valence-electron chi connectivity index (χ4n) is 2.06. The Kier molecular flexibility index (Phi) is 4.08. The van der Waals surface area contributed by atoms with Crippen LogP contribution in [0.1, 0.15) is 43.2 Å². The van der Waals surface area contributed by atoms with E-state index in [1.54, 1.807) is 6.20 Å². The maximum Gasteiger partial charge on any atom is 0.416 e. The third-order valence-corrected chi connectivity index (χ3v) is 3.35. The molecule has 4 heteroatoms. The van der Waals surface area contributed by atoms with Crippen LogP contribution in [-0.4, -0.2) is 4.98 Å². The highest BCUT2D eigenvalue weighted by atomic mass is 19.4. The first-order valence-corrected chi connectivity index (χ1v) is 6.78. The average molecular weight is 293 g/mol. The number of aromatic nitrogens is 1. The van der Waals surface area contributed by atoms with Crippen molar-refractivity contribution in [3.8, 4) is 0 Å². The van der Waals surface area contributed by atoms with Crippen LogP contribution in [0.4, 0.5) is 13.2 Å². The minimum absolute atomic E-state index is 0.0256. The van der Waals surface area contributed by atoms with Gasteiger partial charge in [0.1, 0.15) is 0 Å². The fourth-order valence-corrected chi connectivity index (χ4v) is 2.06. The molecular weight excluding hydrogens is 275 g/mol. The molecule has 0 saturated carbocycles. The Hall–Kier alpha value is -1.84. The summed E-state index contributed by atoms with van der Waals surface area (Å²) in [4.78, 5) is 4.30. The molecule has 0 unspecified atom stereocenters.